The summed E-state index contributed by atoms with van der Waals surface area (Å²) in [5, 5.41) is 2.79. The fraction of sp³-hybridized carbons (Fsp3) is 0.214. The lowest BCUT2D eigenvalue weighted by atomic mass is 10.3. The van der Waals surface area contributed by atoms with Gasteiger partial charge in [0.2, 0.25) is 5.91 Å². The minimum atomic E-state index is -0.0646. The molecule has 0 aliphatic heterocycles. The van der Waals surface area contributed by atoms with Gasteiger partial charge in [-0.05, 0) is 24.3 Å². The maximum absolute atomic E-state index is 11.7. The molecule has 0 unspecified atom stereocenters. The van der Waals surface area contributed by atoms with Gasteiger partial charge < -0.3 is 20.2 Å². The number of carbonyl (C=O) groups is 1. The van der Waals surface area contributed by atoms with Gasteiger partial charge in [0.25, 0.3) is 0 Å². The van der Waals surface area contributed by atoms with E-state index >= 15 is 0 Å². The Hall–Kier alpha value is -2.08. The van der Waals surface area contributed by atoms with Crippen molar-refractivity contribution in [2.45, 2.75) is 11.4 Å². The molecule has 0 spiro atoms. The standard InChI is InChI=1S/C14H16N2O3S/c1-18-12-7-10(15)4-5-13(12)20-9-14(17)16-8-11-3-2-6-19-11/h2-7H,8-9,15H2,1H3,(H,16,17). The van der Waals surface area contributed by atoms with Crippen molar-refractivity contribution in [3.8, 4) is 5.75 Å². The molecule has 5 nitrogen and oxygen atoms in total. The smallest absolute Gasteiger partial charge is 0.230 e. The molecular formula is C14H16N2O3S. The van der Waals surface area contributed by atoms with Crippen LogP contribution in [0.25, 0.3) is 0 Å². The van der Waals surface area contributed by atoms with Crippen molar-refractivity contribution in [3.63, 3.8) is 0 Å². The molecule has 1 heterocycles. The predicted molar refractivity (Wildman–Crippen MR) is 78.7 cm³/mol. The van der Waals surface area contributed by atoms with Gasteiger partial charge in [0.05, 0.1) is 25.7 Å². The molecule has 20 heavy (non-hydrogen) atoms. The van der Waals surface area contributed by atoms with E-state index in [1.165, 1.54) is 11.8 Å². The van der Waals surface area contributed by atoms with Crippen LogP contribution < -0.4 is 15.8 Å². The number of nitrogen functional groups attached to an aromatic ring is 1. The molecule has 0 aliphatic carbocycles. The minimum absolute atomic E-state index is 0.0646. The van der Waals surface area contributed by atoms with Gasteiger partial charge in [-0.2, -0.15) is 0 Å². The molecule has 0 saturated carbocycles. The fourth-order valence-electron chi connectivity index (χ4n) is 1.60. The quantitative estimate of drug-likeness (QED) is 0.631. The molecule has 0 atom stereocenters. The van der Waals surface area contributed by atoms with E-state index in [0.717, 1.165) is 10.7 Å². The van der Waals surface area contributed by atoms with E-state index < -0.39 is 0 Å². The number of hydrogen-bond donors (Lipinski definition) is 2. The lowest BCUT2D eigenvalue weighted by Gasteiger charge is -2.09. The van der Waals surface area contributed by atoms with Gasteiger partial charge in [-0.1, -0.05) is 0 Å². The van der Waals surface area contributed by atoms with Gasteiger partial charge in [-0.15, -0.1) is 11.8 Å². The van der Waals surface area contributed by atoms with Crippen molar-refractivity contribution in [3.05, 3.63) is 42.4 Å². The average molecular weight is 292 g/mol. The molecule has 3 N–H and O–H groups in total. The molecule has 0 saturated heterocycles. The van der Waals surface area contributed by atoms with E-state index in [1.807, 2.05) is 12.1 Å². The van der Waals surface area contributed by atoms with Crippen molar-refractivity contribution in [2.75, 3.05) is 18.6 Å². The Kier molecular flexibility index (Phi) is 4.95. The normalized spacial score (nSPS) is 10.2. The van der Waals surface area contributed by atoms with Crippen LogP contribution in [0.5, 0.6) is 5.75 Å². The molecular weight excluding hydrogens is 276 g/mol. The Balaban J connectivity index is 1.84. The first kappa shape index (κ1) is 14.3. The lowest BCUT2D eigenvalue weighted by molar-refractivity contribution is -0.118. The summed E-state index contributed by atoms with van der Waals surface area (Å²) in [5.41, 5.74) is 6.31. The summed E-state index contributed by atoms with van der Waals surface area (Å²) >= 11 is 1.40. The molecule has 0 fully saturated rings. The number of methoxy groups -OCH3 is 1. The van der Waals surface area contributed by atoms with Crippen molar-refractivity contribution < 1.29 is 13.9 Å². The fourth-order valence-corrected chi connectivity index (χ4v) is 2.43. The first-order valence-electron chi connectivity index (χ1n) is 6.04. The van der Waals surface area contributed by atoms with Gasteiger partial charge in [-0.3, -0.25) is 4.79 Å². The number of furan rings is 1. The molecule has 1 amide bonds. The van der Waals surface area contributed by atoms with Crippen LogP contribution in [0.4, 0.5) is 5.69 Å². The summed E-state index contributed by atoms with van der Waals surface area (Å²) < 4.78 is 10.4. The summed E-state index contributed by atoms with van der Waals surface area (Å²) in [7, 11) is 1.58. The summed E-state index contributed by atoms with van der Waals surface area (Å²) in [6.45, 7) is 0.394. The molecule has 0 bridgehead atoms. The Morgan fingerprint density at radius 1 is 1.45 bits per heavy atom. The first-order valence-corrected chi connectivity index (χ1v) is 7.03. The maximum Gasteiger partial charge on any atom is 0.230 e. The number of nitrogens with one attached hydrogen (secondary N) is 1. The number of carbonyl (C=O) groups excluding carboxylic acids is 1. The molecule has 0 aliphatic rings. The lowest BCUT2D eigenvalue weighted by Crippen LogP contribution is -2.24. The van der Waals surface area contributed by atoms with Crippen molar-refractivity contribution in [1.29, 1.82) is 0 Å². The van der Waals surface area contributed by atoms with Crippen molar-refractivity contribution >= 4 is 23.4 Å². The van der Waals surface area contributed by atoms with E-state index in [-0.39, 0.29) is 5.91 Å². The molecule has 2 aromatic rings. The Morgan fingerprint density at radius 3 is 3.00 bits per heavy atom. The molecule has 2 rings (SSSR count). The van der Waals surface area contributed by atoms with E-state index in [0.29, 0.717) is 23.7 Å². The third-order valence-electron chi connectivity index (χ3n) is 2.59. The van der Waals surface area contributed by atoms with Crippen LogP contribution >= 0.6 is 11.8 Å². The number of anilines is 1. The van der Waals surface area contributed by atoms with Crippen LogP contribution in [0, 0.1) is 0 Å². The van der Waals surface area contributed by atoms with Gasteiger partial charge in [0.1, 0.15) is 11.5 Å². The highest BCUT2D eigenvalue weighted by molar-refractivity contribution is 8.00. The number of rotatable bonds is 6. The van der Waals surface area contributed by atoms with Gasteiger partial charge in [0, 0.05) is 16.6 Å². The highest BCUT2D eigenvalue weighted by atomic mass is 32.2. The largest absolute Gasteiger partial charge is 0.496 e. The first-order chi connectivity index (χ1) is 9.69. The van der Waals surface area contributed by atoms with Crippen LogP contribution in [-0.4, -0.2) is 18.8 Å². The third kappa shape index (κ3) is 3.96. The van der Waals surface area contributed by atoms with Crippen LogP contribution in [0.2, 0.25) is 0 Å². The van der Waals surface area contributed by atoms with Gasteiger partial charge in [0.15, 0.2) is 0 Å². The summed E-state index contributed by atoms with van der Waals surface area (Å²) in [6, 6.07) is 8.97. The van der Waals surface area contributed by atoms with Crippen LogP contribution in [0.1, 0.15) is 5.76 Å². The number of hydrogen-bond acceptors (Lipinski definition) is 5. The maximum atomic E-state index is 11.7. The van der Waals surface area contributed by atoms with Gasteiger partial charge in [-0.25, -0.2) is 0 Å². The molecule has 1 aromatic heterocycles. The number of thioether (sulfide) groups is 1. The van der Waals surface area contributed by atoms with E-state index in [2.05, 4.69) is 5.32 Å². The topological polar surface area (TPSA) is 77.5 Å². The second-order valence-corrected chi connectivity index (χ2v) is 5.07. The Labute approximate surface area is 121 Å². The summed E-state index contributed by atoms with van der Waals surface area (Å²) in [5.74, 6) is 1.65. The van der Waals surface area contributed by atoms with Crippen LogP contribution in [-0.2, 0) is 11.3 Å². The predicted octanol–water partition coefficient (Wildman–Crippen LogP) is 2.28. The molecule has 1 aromatic carbocycles. The SMILES string of the molecule is COc1cc(N)ccc1SCC(=O)NCc1ccco1. The second kappa shape index (κ2) is 6.91. The zero-order valence-corrected chi connectivity index (χ0v) is 11.9. The zero-order chi connectivity index (χ0) is 14.4. The summed E-state index contributed by atoms with van der Waals surface area (Å²) in [4.78, 5) is 12.6. The highest BCUT2D eigenvalue weighted by Crippen LogP contribution is 2.30. The Morgan fingerprint density at radius 2 is 2.30 bits per heavy atom. The third-order valence-corrected chi connectivity index (χ3v) is 3.64. The van der Waals surface area contributed by atoms with E-state index in [1.54, 1.807) is 31.6 Å². The van der Waals surface area contributed by atoms with Crippen LogP contribution in [0.15, 0.2) is 45.9 Å². The molecule has 0 radical (unpaired) electrons. The Bertz CT molecular complexity index is 570. The highest BCUT2D eigenvalue weighted by Gasteiger charge is 2.08. The van der Waals surface area contributed by atoms with E-state index in [4.69, 9.17) is 14.9 Å². The number of amides is 1. The monoisotopic (exact) mass is 292 g/mol. The minimum Gasteiger partial charge on any atom is -0.496 e. The molecule has 6 heteroatoms. The zero-order valence-electron chi connectivity index (χ0n) is 11.1. The number of benzene rings is 1. The summed E-state index contributed by atoms with van der Waals surface area (Å²) in [6.07, 6.45) is 1.58. The van der Waals surface area contributed by atoms with Crippen molar-refractivity contribution in [2.24, 2.45) is 0 Å². The van der Waals surface area contributed by atoms with Crippen molar-refractivity contribution in [1.82, 2.24) is 5.32 Å². The second-order valence-electron chi connectivity index (χ2n) is 4.06. The van der Waals surface area contributed by atoms with Crippen LogP contribution in [0.3, 0.4) is 0 Å². The number of nitrogens with two attached hydrogens (primary N) is 1. The molecule has 106 valence electrons. The van der Waals surface area contributed by atoms with E-state index in [9.17, 15) is 4.79 Å². The van der Waals surface area contributed by atoms with Gasteiger partial charge >= 0.3 is 0 Å². The average Bonchev–Trinajstić information content (AvgIpc) is 2.97. The number of ether oxygens (including phenoxy) is 1.